The number of benzene rings is 1. The van der Waals surface area contributed by atoms with E-state index in [1.807, 2.05) is 0 Å². The standard InChI is InChI=1S/C18H21N7O3/c1-27-13-9-11-12(10-14(13)28-2)20-18(21-17(11)19)25-7-5-24(6-8-25)15-3-4-16(26)23-22-15/h3-4,9-10H,5-8H2,1-2H3,(H,23,26)(H2,19,20,21). The highest BCUT2D eigenvalue weighted by atomic mass is 16.5. The van der Waals surface area contributed by atoms with Gasteiger partial charge in [-0.2, -0.15) is 10.1 Å². The van der Waals surface area contributed by atoms with Gasteiger partial charge in [-0.1, -0.05) is 0 Å². The Bertz CT molecular complexity index is 1040. The summed E-state index contributed by atoms with van der Waals surface area (Å²) in [5, 5.41) is 7.27. The molecule has 1 aromatic carbocycles. The molecular weight excluding hydrogens is 362 g/mol. The third kappa shape index (κ3) is 3.24. The summed E-state index contributed by atoms with van der Waals surface area (Å²) in [6.45, 7) is 2.87. The first-order chi connectivity index (χ1) is 13.6. The van der Waals surface area contributed by atoms with E-state index in [1.54, 1.807) is 32.4 Å². The van der Waals surface area contributed by atoms with Gasteiger partial charge in [0.15, 0.2) is 11.5 Å². The van der Waals surface area contributed by atoms with Crippen LogP contribution in [-0.2, 0) is 0 Å². The van der Waals surface area contributed by atoms with Gasteiger partial charge >= 0.3 is 0 Å². The molecule has 146 valence electrons. The second kappa shape index (κ2) is 7.22. The van der Waals surface area contributed by atoms with Crippen LogP contribution in [0.2, 0.25) is 0 Å². The third-order valence-corrected chi connectivity index (χ3v) is 4.77. The van der Waals surface area contributed by atoms with E-state index in [4.69, 9.17) is 15.2 Å². The number of aromatic nitrogens is 4. The normalized spacial score (nSPS) is 14.4. The number of H-pyrrole nitrogens is 1. The van der Waals surface area contributed by atoms with Crippen molar-refractivity contribution in [3.63, 3.8) is 0 Å². The van der Waals surface area contributed by atoms with Crippen LogP contribution < -0.4 is 30.6 Å². The molecule has 0 radical (unpaired) electrons. The maximum Gasteiger partial charge on any atom is 0.264 e. The molecule has 3 heterocycles. The third-order valence-electron chi connectivity index (χ3n) is 4.77. The van der Waals surface area contributed by atoms with Crippen molar-refractivity contribution < 1.29 is 9.47 Å². The molecule has 0 atom stereocenters. The lowest BCUT2D eigenvalue weighted by Gasteiger charge is -2.35. The summed E-state index contributed by atoms with van der Waals surface area (Å²) < 4.78 is 10.7. The molecule has 0 saturated carbocycles. The van der Waals surface area contributed by atoms with Crippen molar-refractivity contribution in [3.8, 4) is 11.5 Å². The molecule has 3 N–H and O–H groups in total. The maximum atomic E-state index is 11.2. The fraction of sp³-hybridized carbons (Fsp3) is 0.333. The summed E-state index contributed by atoms with van der Waals surface area (Å²) in [7, 11) is 3.16. The van der Waals surface area contributed by atoms with Gasteiger partial charge < -0.3 is 25.0 Å². The van der Waals surface area contributed by atoms with Crippen LogP contribution in [0.25, 0.3) is 10.9 Å². The number of nitrogens with two attached hydrogens (primary N) is 1. The summed E-state index contributed by atoms with van der Waals surface area (Å²) in [6.07, 6.45) is 0. The number of methoxy groups -OCH3 is 2. The van der Waals surface area contributed by atoms with Crippen LogP contribution >= 0.6 is 0 Å². The van der Waals surface area contributed by atoms with E-state index in [-0.39, 0.29) is 5.56 Å². The van der Waals surface area contributed by atoms with Gasteiger partial charge in [-0.05, 0) is 12.1 Å². The molecule has 1 fully saturated rings. The van der Waals surface area contributed by atoms with Crippen molar-refractivity contribution >= 4 is 28.5 Å². The lowest BCUT2D eigenvalue weighted by atomic mass is 10.2. The second-order valence-electron chi connectivity index (χ2n) is 6.39. The zero-order valence-corrected chi connectivity index (χ0v) is 15.7. The van der Waals surface area contributed by atoms with E-state index in [1.165, 1.54) is 6.07 Å². The summed E-state index contributed by atoms with van der Waals surface area (Å²) in [6, 6.07) is 6.78. The van der Waals surface area contributed by atoms with Crippen LogP contribution in [0.5, 0.6) is 11.5 Å². The first-order valence-electron chi connectivity index (χ1n) is 8.84. The first kappa shape index (κ1) is 17.8. The molecule has 10 heteroatoms. The number of hydrogen-bond donors (Lipinski definition) is 2. The smallest absolute Gasteiger partial charge is 0.264 e. The summed E-state index contributed by atoms with van der Waals surface area (Å²) in [5.74, 6) is 2.89. The molecule has 0 unspecified atom stereocenters. The molecule has 1 aliphatic heterocycles. The van der Waals surface area contributed by atoms with E-state index >= 15 is 0 Å². The van der Waals surface area contributed by atoms with E-state index < -0.39 is 0 Å². The predicted octanol–water partition coefficient (Wildman–Crippen LogP) is 0.639. The SMILES string of the molecule is COc1cc2nc(N3CCN(c4ccc(=O)[nH]n4)CC3)nc(N)c2cc1OC. The number of ether oxygens (including phenoxy) is 2. The number of nitrogen functional groups attached to an aromatic ring is 1. The van der Waals surface area contributed by atoms with Gasteiger partial charge in [0, 0.05) is 43.7 Å². The highest BCUT2D eigenvalue weighted by Crippen LogP contribution is 2.34. The Morgan fingerprint density at radius 2 is 1.68 bits per heavy atom. The summed E-state index contributed by atoms with van der Waals surface area (Å²) in [4.78, 5) is 24.5. The minimum atomic E-state index is -0.213. The lowest BCUT2D eigenvalue weighted by molar-refractivity contribution is 0.356. The van der Waals surface area contributed by atoms with Crippen molar-refractivity contribution in [1.82, 2.24) is 20.2 Å². The zero-order valence-electron chi connectivity index (χ0n) is 15.7. The highest BCUT2D eigenvalue weighted by molar-refractivity contribution is 5.91. The number of aromatic amines is 1. The molecule has 1 aliphatic rings. The highest BCUT2D eigenvalue weighted by Gasteiger charge is 2.21. The number of fused-ring (bicyclic) bond motifs is 1. The van der Waals surface area contributed by atoms with E-state index in [9.17, 15) is 4.79 Å². The van der Waals surface area contributed by atoms with Gasteiger partial charge in [0.1, 0.15) is 11.6 Å². The van der Waals surface area contributed by atoms with Crippen molar-refractivity contribution in [2.45, 2.75) is 0 Å². The molecule has 0 bridgehead atoms. The van der Waals surface area contributed by atoms with Gasteiger partial charge in [-0.3, -0.25) is 4.79 Å². The van der Waals surface area contributed by atoms with Crippen molar-refractivity contribution in [3.05, 3.63) is 34.6 Å². The zero-order chi connectivity index (χ0) is 19.7. The van der Waals surface area contributed by atoms with Crippen LogP contribution in [0.15, 0.2) is 29.1 Å². The van der Waals surface area contributed by atoms with Gasteiger partial charge in [0.2, 0.25) is 5.95 Å². The average molecular weight is 383 g/mol. The first-order valence-corrected chi connectivity index (χ1v) is 8.84. The molecule has 0 amide bonds. The Morgan fingerprint density at radius 1 is 1.00 bits per heavy atom. The summed E-state index contributed by atoms with van der Waals surface area (Å²) >= 11 is 0. The van der Waals surface area contributed by atoms with E-state index in [0.29, 0.717) is 41.9 Å². The van der Waals surface area contributed by atoms with Gasteiger partial charge in [0.25, 0.3) is 5.56 Å². The van der Waals surface area contributed by atoms with Crippen LogP contribution in [0, 0.1) is 0 Å². The fourth-order valence-electron chi connectivity index (χ4n) is 3.26. The molecule has 1 saturated heterocycles. The Morgan fingerprint density at radius 3 is 2.32 bits per heavy atom. The Kier molecular flexibility index (Phi) is 4.60. The second-order valence-corrected chi connectivity index (χ2v) is 6.39. The molecular formula is C18H21N7O3. The molecule has 3 aromatic rings. The Balaban J connectivity index is 1.58. The number of piperazine rings is 1. The van der Waals surface area contributed by atoms with Crippen LogP contribution in [0.1, 0.15) is 0 Å². The lowest BCUT2D eigenvalue weighted by Crippen LogP contribution is -2.47. The number of nitrogens with zero attached hydrogens (tertiary/aromatic N) is 5. The van der Waals surface area contributed by atoms with Crippen molar-refractivity contribution in [1.29, 1.82) is 0 Å². The van der Waals surface area contributed by atoms with Crippen LogP contribution in [0.3, 0.4) is 0 Å². The minimum absolute atomic E-state index is 0.213. The monoisotopic (exact) mass is 383 g/mol. The molecule has 2 aromatic heterocycles. The van der Waals surface area contributed by atoms with E-state index in [0.717, 1.165) is 24.3 Å². The molecule has 0 spiro atoms. The van der Waals surface area contributed by atoms with Gasteiger partial charge in [-0.25, -0.2) is 10.1 Å². The summed E-state index contributed by atoms with van der Waals surface area (Å²) in [5.41, 5.74) is 6.67. The molecule has 28 heavy (non-hydrogen) atoms. The van der Waals surface area contributed by atoms with Crippen LogP contribution in [-0.4, -0.2) is 60.6 Å². The largest absolute Gasteiger partial charge is 0.493 e. The number of nitrogens with one attached hydrogen (secondary N) is 1. The topological polar surface area (TPSA) is 122 Å². The van der Waals surface area contributed by atoms with Crippen LogP contribution in [0.4, 0.5) is 17.6 Å². The molecule has 10 nitrogen and oxygen atoms in total. The number of hydrogen-bond acceptors (Lipinski definition) is 9. The number of rotatable bonds is 4. The number of anilines is 3. The average Bonchev–Trinajstić information content (AvgIpc) is 2.73. The fourth-order valence-corrected chi connectivity index (χ4v) is 3.26. The molecule has 0 aliphatic carbocycles. The van der Waals surface area contributed by atoms with Crippen molar-refractivity contribution in [2.24, 2.45) is 0 Å². The van der Waals surface area contributed by atoms with Crippen molar-refractivity contribution in [2.75, 3.05) is 55.9 Å². The Labute approximate surface area is 160 Å². The molecule has 4 rings (SSSR count). The maximum absolute atomic E-state index is 11.2. The van der Waals surface area contributed by atoms with Gasteiger partial charge in [-0.15, -0.1) is 0 Å². The Hall–Kier alpha value is -3.56. The van der Waals surface area contributed by atoms with E-state index in [2.05, 4.69) is 30.0 Å². The minimum Gasteiger partial charge on any atom is -0.493 e. The van der Waals surface area contributed by atoms with Gasteiger partial charge in [0.05, 0.1) is 19.7 Å². The quantitative estimate of drug-likeness (QED) is 0.668. The predicted molar refractivity (Wildman–Crippen MR) is 106 cm³/mol.